The van der Waals surface area contributed by atoms with Crippen LogP contribution in [0.15, 0.2) is 18.2 Å². The molecule has 0 unspecified atom stereocenters. The number of likely N-dealkylation sites (tertiary alicyclic amines) is 1. The zero-order chi connectivity index (χ0) is 18.0. The van der Waals surface area contributed by atoms with Gasteiger partial charge in [-0.2, -0.15) is 0 Å². The van der Waals surface area contributed by atoms with E-state index in [1.54, 1.807) is 11.0 Å². The standard InChI is InChI=1S/C18H23ClFNO3S/c19-16-7-4-8-17(20)15(16)9-10-18(22)21-11-14(12-21)25(23,24)13-5-2-1-3-6-13/h4,7-8,13-14H,1-3,5-6,9-12H2. The van der Waals surface area contributed by atoms with Crippen LogP contribution in [-0.2, 0) is 21.1 Å². The fourth-order valence-corrected chi connectivity index (χ4v) is 6.24. The van der Waals surface area contributed by atoms with E-state index in [0.717, 1.165) is 32.1 Å². The second-order valence-electron chi connectivity index (χ2n) is 6.97. The minimum Gasteiger partial charge on any atom is -0.340 e. The van der Waals surface area contributed by atoms with Crippen molar-refractivity contribution >= 4 is 27.3 Å². The molecule has 0 bridgehead atoms. The van der Waals surface area contributed by atoms with Crippen LogP contribution in [0.3, 0.4) is 0 Å². The van der Waals surface area contributed by atoms with E-state index in [-0.39, 0.29) is 37.1 Å². The molecule has 0 N–H and O–H groups in total. The molecule has 25 heavy (non-hydrogen) atoms. The number of sulfone groups is 1. The van der Waals surface area contributed by atoms with Crippen molar-refractivity contribution in [2.45, 2.75) is 55.4 Å². The Morgan fingerprint density at radius 1 is 1.16 bits per heavy atom. The fraction of sp³-hybridized carbons (Fsp3) is 0.611. The molecule has 1 heterocycles. The molecule has 138 valence electrons. The summed E-state index contributed by atoms with van der Waals surface area (Å²) in [6, 6.07) is 4.45. The average Bonchev–Trinajstić information content (AvgIpc) is 2.53. The number of hydrogen-bond acceptors (Lipinski definition) is 3. The minimum absolute atomic E-state index is 0.136. The van der Waals surface area contributed by atoms with Crippen LogP contribution in [0.25, 0.3) is 0 Å². The Bertz CT molecular complexity index is 720. The number of carbonyl (C=O) groups is 1. The highest BCUT2D eigenvalue weighted by Crippen LogP contribution is 2.30. The zero-order valence-corrected chi connectivity index (χ0v) is 15.7. The van der Waals surface area contributed by atoms with Crippen molar-refractivity contribution in [3.05, 3.63) is 34.6 Å². The second-order valence-corrected chi connectivity index (χ2v) is 9.89. The van der Waals surface area contributed by atoms with E-state index in [1.165, 1.54) is 12.1 Å². The van der Waals surface area contributed by atoms with Gasteiger partial charge < -0.3 is 4.90 Å². The number of carbonyl (C=O) groups excluding carboxylic acids is 1. The fourth-order valence-electron chi connectivity index (χ4n) is 3.68. The van der Waals surface area contributed by atoms with Crippen LogP contribution >= 0.6 is 11.6 Å². The average molecular weight is 388 g/mol. The van der Waals surface area contributed by atoms with E-state index in [1.807, 2.05) is 0 Å². The molecular formula is C18H23ClFNO3S. The lowest BCUT2D eigenvalue weighted by Gasteiger charge is -2.41. The van der Waals surface area contributed by atoms with Gasteiger partial charge in [0, 0.05) is 30.1 Å². The molecule has 1 aliphatic carbocycles. The van der Waals surface area contributed by atoms with Gasteiger partial charge in [0.1, 0.15) is 5.82 Å². The van der Waals surface area contributed by atoms with Gasteiger partial charge in [0.15, 0.2) is 9.84 Å². The Balaban J connectivity index is 1.51. The van der Waals surface area contributed by atoms with Gasteiger partial charge in [-0.15, -0.1) is 0 Å². The topological polar surface area (TPSA) is 54.5 Å². The highest BCUT2D eigenvalue weighted by Gasteiger charge is 2.43. The Kier molecular flexibility index (Phi) is 5.68. The first-order chi connectivity index (χ1) is 11.9. The van der Waals surface area contributed by atoms with Crippen LogP contribution < -0.4 is 0 Å². The molecule has 2 aliphatic rings. The van der Waals surface area contributed by atoms with E-state index in [2.05, 4.69) is 0 Å². The van der Waals surface area contributed by atoms with Crippen molar-refractivity contribution in [3.63, 3.8) is 0 Å². The summed E-state index contributed by atoms with van der Waals surface area (Å²) in [6.45, 7) is 0.533. The van der Waals surface area contributed by atoms with Crippen molar-refractivity contribution in [2.75, 3.05) is 13.1 Å². The molecule has 1 saturated heterocycles. The third kappa shape index (κ3) is 4.00. The Morgan fingerprint density at radius 2 is 1.84 bits per heavy atom. The van der Waals surface area contributed by atoms with Crippen LogP contribution in [0, 0.1) is 5.82 Å². The Hall–Kier alpha value is -1.14. The molecule has 4 nitrogen and oxygen atoms in total. The summed E-state index contributed by atoms with van der Waals surface area (Å²) in [7, 11) is -3.15. The molecule has 3 rings (SSSR count). The minimum atomic E-state index is -3.15. The predicted octanol–water partition coefficient (Wildman–Crippen LogP) is 3.37. The van der Waals surface area contributed by atoms with Gasteiger partial charge in [-0.05, 0) is 31.4 Å². The molecule has 7 heteroatoms. The molecule has 1 saturated carbocycles. The summed E-state index contributed by atoms with van der Waals surface area (Å²) in [5, 5.41) is -0.355. The molecule has 0 atom stereocenters. The van der Waals surface area contributed by atoms with Gasteiger partial charge in [-0.25, -0.2) is 12.8 Å². The van der Waals surface area contributed by atoms with Crippen molar-refractivity contribution in [3.8, 4) is 0 Å². The molecule has 0 spiro atoms. The summed E-state index contributed by atoms with van der Waals surface area (Å²) in [5.41, 5.74) is 0.337. The lowest BCUT2D eigenvalue weighted by molar-refractivity contribution is -0.134. The van der Waals surface area contributed by atoms with Crippen LogP contribution in [0.1, 0.15) is 44.1 Å². The summed E-state index contributed by atoms with van der Waals surface area (Å²) in [6.07, 6.45) is 4.92. The summed E-state index contributed by atoms with van der Waals surface area (Å²) < 4.78 is 38.9. The van der Waals surface area contributed by atoms with Gasteiger partial charge in [0.25, 0.3) is 0 Å². The second kappa shape index (κ2) is 7.62. The maximum absolute atomic E-state index is 13.7. The number of rotatable bonds is 5. The quantitative estimate of drug-likeness (QED) is 0.778. The molecule has 0 radical (unpaired) electrons. The summed E-state index contributed by atoms with van der Waals surface area (Å²) in [4.78, 5) is 13.8. The number of nitrogens with zero attached hydrogens (tertiary/aromatic N) is 1. The van der Waals surface area contributed by atoms with Crippen molar-refractivity contribution in [1.82, 2.24) is 4.90 Å². The molecule has 1 aliphatic heterocycles. The number of hydrogen-bond donors (Lipinski definition) is 0. The van der Waals surface area contributed by atoms with Crippen molar-refractivity contribution in [1.29, 1.82) is 0 Å². The largest absolute Gasteiger partial charge is 0.340 e. The zero-order valence-electron chi connectivity index (χ0n) is 14.1. The van der Waals surface area contributed by atoms with Gasteiger partial charge in [-0.3, -0.25) is 4.79 Å². The van der Waals surface area contributed by atoms with E-state index in [0.29, 0.717) is 10.6 Å². The monoisotopic (exact) mass is 387 g/mol. The molecule has 1 amide bonds. The third-order valence-electron chi connectivity index (χ3n) is 5.33. The normalized spacial score (nSPS) is 19.7. The van der Waals surface area contributed by atoms with Crippen LogP contribution in [0.2, 0.25) is 5.02 Å². The lowest BCUT2D eigenvalue weighted by atomic mass is 10.0. The van der Waals surface area contributed by atoms with Gasteiger partial charge in [0.05, 0.1) is 10.5 Å². The first kappa shape index (κ1) is 18.6. The van der Waals surface area contributed by atoms with Crippen LogP contribution in [-0.4, -0.2) is 42.8 Å². The Morgan fingerprint density at radius 3 is 2.48 bits per heavy atom. The van der Waals surface area contributed by atoms with Gasteiger partial charge >= 0.3 is 0 Å². The van der Waals surface area contributed by atoms with E-state index in [4.69, 9.17) is 11.6 Å². The van der Waals surface area contributed by atoms with Crippen molar-refractivity contribution < 1.29 is 17.6 Å². The van der Waals surface area contributed by atoms with Crippen molar-refractivity contribution in [2.24, 2.45) is 0 Å². The summed E-state index contributed by atoms with van der Waals surface area (Å²) in [5.74, 6) is -0.559. The molecular weight excluding hydrogens is 365 g/mol. The number of halogens is 2. The maximum atomic E-state index is 13.7. The number of amides is 1. The van der Waals surface area contributed by atoms with Crippen LogP contribution in [0.4, 0.5) is 4.39 Å². The van der Waals surface area contributed by atoms with E-state index in [9.17, 15) is 17.6 Å². The molecule has 0 aromatic heterocycles. The first-order valence-corrected chi connectivity index (χ1v) is 10.8. The highest BCUT2D eigenvalue weighted by molar-refractivity contribution is 7.92. The predicted molar refractivity (Wildman–Crippen MR) is 95.9 cm³/mol. The molecule has 1 aromatic carbocycles. The Labute approximate surface area is 153 Å². The van der Waals surface area contributed by atoms with Gasteiger partial charge in [-0.1, -0.05) is 36.9 Å². The first-order valence-electron chi connectivity index (χ1n) is 8.83. The van der Waals surface area contributed by atoms with Gasteiger partial charge in [0.2, 0.25) is 5.91 Å². The maximum Gasteiger partial charge on any atom is 0.222 e. The van der Waals surface area contributed by atoms with Crippen LogP contribution in [0.5, 0.6) is 0 Å². The smallest absolute Gasteiger partial charge is 0.222 e. The SMILES string of the molecule is O=C(CCc1c(F)cccc1Cl)N1CC(S(=O)(=O)C2CCCCC2)C1. The third-order valence-corrected chi connectivity index (χ3v) is 8.31. The molecule has 1 aromatic rings. The molecule has 2 fully saturated rings. The summed E-state index contributed by atoms with van der Waals surface area (Å²) >= 11 is 5.97. The lowest BCUT2D eigenvalue weighted by Crippen LogP contribution is -2.58. The number of benzene rings is 1. The van der Waals surface area contributed by atoms with E-state index >= 15 is 0 Å². The highest BCUT2D eigenvalue weighted by atomic mass is 35.5. The van der Waals surface area contributed by atoms with E-state index < -0.39 is 20.9 Å².